The summed E-state index contributed by atoms with van der Waals surface area (Å²) in [6.07, 6.45) is 3.78. The van der Waals surface area contributed by atoms with Crippen molar-refractivity contribution >= 4 is 112 Å². The number of hydrogen-bond donors (Lipinski definition) is 0. The van der Waals surface area contributed by atoms with Crippen molar-refractivity contribution in [2.45, 2.75) is 0 Å². The summed E-state index contributed by atoms with van der Waals surface area (Å²) in [7, 11) is 0. The van der Waals surface area contributed by atoms with Crippen molar-refractivity contribution in [3.8, 4) is 11.1 Å². The normalized spacial score (nSPS) is 11.9. The number of thiophene rings is 2. The molecule has 0 fully saturated rings. The standard InChI is InChI=1S/C47H28N2S2/c1-3-7-44-40(5-1)42-24-35-22-38(17-13-31(35)26-46(42)50-44)49(37-15-11-29(12-16-37)30-9-10-34-28-48-20-19-33(34)21-30)39-18-14-32-27-47-43(25-36(32)23-39)41-6-2-4-8-45(41)51-47/h1-28H. The molecule has 0 radical (unpaired) electrons. The molecule has 11 aromatic rings. The topological polar surface area (TPSA) is 16.1 Å². The van der Waals surface area contributed by atoms with Gasteiger partial charge in [0.2, 0.25) is 0 Å². The molecule has 0 aliphatic carbocycles. The van der Waals surface area contributed by atoms with E-state index in [9.17, 15) is 0 Å². The van der Waals surface area contributed by atoms with Gasteiger partial charge in [-0.1, -0.05) is 72.8 Å². The Balaban J connectivity index is 1.08. The molecule has 0 atom stereocenters. The van der Waals surface area contributed by atoms with Crippen molar-refractivity contribution in [2.75, 3.05) is 4.90 Å². The SMILES string of the molecule is c1ccc2c(c1)sc1cc3ccc(N(c4ccc(-c5ccc6cnccc6c5)cc4)c4ccc5cc6sc7ccccc7c6cc5c4)cc3cc12. The number of pyridine rings is 1. The van der Waals surface area contributed by atoms with E-state index in [1.807, 2.05) is 35.1 Å². The summed E-state index contributed by atoms with van der Waals surface area (Å²) in [6, 6.07) is 58.4. The highest BCUT2D eigenvalue weighted by Gasteiger charge is 2.16. The summed E-state index contributed by atoms with van der Waals surface area (Å²) in [6.45, 7) is 0. The summed E-state index contributed by atoms with van der Waals surface area (Å²) in [4.78, 5) is 6.69. The summed E-state index contributed by atoms with van der Waals surface area (Å²) >= 11 is 3.74. The van der Waals surface area contributed by atoms with E-state index in [0.717, 1.165) is 22.4 Å². The van der Waals surface area contributed by atoms with Gasteiger partial charge in [-0.05, 0) is 123 Å². The van der Waals surface area contributed by atoms with Gasteiger partial charge in [0.1, 0.15) is 0 Å². The third-order valence-electron chi connectivity index (χ3n) is 10.3. The van der Waals surface area contributed by atoms with Gasteiger partial charge in [-0.2, -0.15) is 0 Å². The van der Waals surface area contributed by atoms with Crippen LogP contribution >= 0.6 is 22.7 Å². The maximum absolute atomic E-state index is 4.29. The van der Waals surface area contributed by atoms with E-state index >= 15 is 0 Å². The summed E-state index contributed by atoms with van der Waals surface area (Å²) in [5.74, 6) is 0. The summed E-state index contributed by atoms with van der Waals surface area (Å²) in [5.41, 5.74) is 5.77. The lowest BCUT2D eigenvalue weighted by atomic mass is 10.0. The Morgan fingerprint density at radius 2 is 0.882 bits per heavy atom. The largest absolute Gasteiger partial charge is 0.310 e. The molecule has 0 N–H and O–H groups in total. The fraction of sp³-hybridized carbons (Fsp3) is 0. The molecule has 8 aromatic carbocycles. The first kappa shape index (κ1) is 28.7. The van der Waals surface area contributed by atoms with Crippen LogP contribution in [0, 0.1) is 0 Å². The number of aromatic nitrogens is 1. The predicted octanol–water partition coefficient (Wildman–Crippen LogP) is 14.4. The molecular formula is C47H28N2S2. The number of fused-ring (bicyclic) bond motifs is 9. The lowest BCUT2D eigenvalue weighted by Gasteiger charge is -2.26. The van der Waals surface area contributed by atoms with Gasteiger partial charge < -0.3 is 4.90 Å². The lowest BCUT2D eigenvalue weighted by Crippen LogP contribution is -2.09. The van der Waals surface area contributed by atoms with Gasteiger partial charge in [-0.3, -0.25) is 4.98 Å². The Bertz CT molecular complexity index is 3000. The van der Waals surface area contributed by atoms with Crippen molar-refractivity contribution in [3.63, 3.8) is 0 Å². The van der Waals surface area contributed by atoms with E-state index in [2.05, 4.69) is 168 Å². The van der Waals surface area contributed by atoms with E-state index in [1.54, 1.807) is 0 Å². The third kappa shape index (κ3) is 4.72. The van der Waals surface area contributed by atoms with E-state index < -0.39 is 0 Å². The first-order chi connectivity index (χ1) is 25.2. The van der Waals surface area contributed by atoms with Crippen LogP contribution in [-0.4, -0.2) is 4.98 Å². The summed E-state index contributed by atoms with van der Waals surface area (Å²) < 4.78 is 5.32. The van der Waals surface area contributed by atoms with E-state index in [0.29, 0.717) is 0 Å². The van der Waals surface area contributed by atoms with Crippen LogP contribution in [-0.2, 0) is 0 Å². The molecule has 3 aromatic heterocycles. The highest BCUT2D eigenvalue weighted by Crippen LogP contribution is 2.42. The molecule has 0 saturated heterocycles. The van der Waals surface area contributed by atoms with E-state index in [1.165, 1.54) is 78.4 Å². The Kier molecular flexibility index (Phi) is 6.32. The van der Waals surface area contributed by atoms with Crippen LogP contribution in [0.1, 0.15) is 0 Å². The fourth-order valence-corrected chi connectivity index (χ4v) is 9.98. The van der Waals surface area contributed by atoms with Gasteiger partial charge >= 0.3 is 0 Å². The van der Waals surface area contributed by atoms with Crippen LogP contribution in [0.15, 0.2) is 170 Å². The Hall–Kier alpha value is -6.07. The van der Waals surface area contributed by atoms with Crippen molar-refractivity contribution in [2.24, 2.45) is 0 Å². The van der Waals surface area contributed by atoms with Crippen LogP contribution in [0.4, 0.5) is 17.1 Å². The Labute approximate surface area is 302 Å². The van der Waals surface area contributed by atoms with E-state index in [-0.39, 0.29) is 0 Å². The third-order valence-corrected chi connectivity index (χ3v) is 12.5. The number of hydrogen-bond acceptors (Lipinski definition) is 4. The molecule has 238 valence electrons. The summed E-state index contributed by atoms with van der Waals surface area (Å²) in [5, 5.41) is 12.6. The molecule has 0 bridgehead atoms. The van der Waals surface area contributed by atoms with Gasteiger partial charge in [0.15, 0.2) is 0 Å². The predicted molar refractivity (Wildman–Crippen MR) is 223 cm³/mol. The second-order valence-corrected chi connectivity index (χ2v) is 15.4. The number of anilines is 3. The minimum Gasteiger partial charge on any atom is -0.310 e. The van der Waals surface area contributed by atoms with Crippen LogP contribution in [0.25, 0.3) is 83.8 Å². The average molecular weight is 685 g/mol. The molecule has 0 spiro atoms. The van der Waals surface area contributed by atoms with Gasteiger partial charge in [-0.15, -0.1) is 22.7 Å². The molecule has 3 heterocycles. The minimum atomic E-state index is 1.12. The van der Waals surface area contributed by atoms with Crippen molar-refractivity contribution in [3.05, 3.63) is 170 Å². The highest BCUT2D eigenvalue weighted by molar-refractivity contribution is 7.26. The first-order valence-electron chi connectivity index (χ1n) is 17.2. The van der Waals surface area contributed by atoms with Crippen LogP contribution < -0.4 is 4.90 Å². The molecule has 51 heavy (non-hydrogen) atoms. The zero-order chi connectivity index (χ0) is 33.5. The maximum atomic E-state index is 4.29. The highest BCUT2D eigenvalue weighted by atomic mass is 32.1. The number of nitrogens with zero attached hydrogens (tertiary/aromatic N) is 2. The maximum Gasteiger partial charge on any atom is 0.0468 e. The Morgan fingerprint density at radius 1 is 0.353 bits per heavy atom. The second kappa shape index (κ2) is 11.2. The molecule has 2 nitrogen and oxygen atoms in total. The van der Waals surface area contributed by atoms with Gasteiger partial charge in [0.05, 0.1) is 0 Å². The molecule has 0 aliphatic heterocycles. The zero-order valence-corrected chi connectivity index (χ0v) is 29.0. The molecule has 0 aliphatic rings. The second-order valence-electron chi connectivity index (χ2n) is 13.3. The molecule has 0 amide bonds. The quantitative estimate of drug-likeness (QED) is 0.183. The molecule has 0 unspecified atom stereocenters. The molecular weight excluding hydrogens is 657 g/mol. The van der Waals surface area contributed by atoms with Gasteiger partial charge in [0, 0.05) is 75.2 Å². The average Bonchev–Trinajstić information content (AvgIpc) is 3.73. The molecule has 0 saturated carbocycles. The number of benzene rings is 8. The van der Waals surface area contributed by atoms with Crippen LogP contribution in [0.3, 0.4) is 0 Å². The van der Waals surface area contributed by atoms with E-state index in [4.69, 9.17) is 0 Å². The van der Waals surface area contributed by atoms with Gasteiger partial charge in [0.25, 0.3) is 0 Å². The zero-order valence-electron chi connectivity index (χ0n) is 27.4. The smallest absolute Gasteiger partial charge is 0.0468 e. The Morgan fingerprint density at radius 3 is 1.51 bits per heavy atom. The van der Waals surface area contributed by atoms with Crippen LogP contribution in [0.2, 0.25) is 0 Å². The molecule has 4 heteroatoms. The van der Waals surface area contributed by atoms with Crippen LogP contribution in [0.5, 0.6) is 0 Å². The monoisotopic (exact) mass is 684 g/mol. The van der Waals surface area contributed by atoms with Gasteiger partial charge in [-0.25, -0.2) is 0 Å². The minimum absolute atomic E-state index is 1.12. The van der Waals surface area contributed by atoms with Crippen molar-refractivity contribution < 1.29 is 0 Å². The van der Waals surface area contributed by atoms with Crippen molar-refractivity contribution in [1.29, 1.82) is 0 Å². The first-order valence-corrected chi connectivity index (χ1v) is 18.8. The fourth-order valence-electron chi connectivity index (χ4n) is 7.70. The molecule has 11 rings (SSSR count). The number of rotatable bonds is 4. The lowest BCUT2D eigenvalue weighted by molar-refractivity contribution is 1.29. The van der Waals surface area contributed by atoms with Crippen molar-refractivity contribution in [1.82, 2.24) is 4.98 Å².